The van der Waals surface area contributed by atoms with E-state index >= 15 is 0 Å². The molecule has 0 amide bonds. The van der Waals surface area contributed by atoms with Crippen molar-refractivity contribution in [3.63, 3.8) is 0 Å². The highest BCUT2D eigenvalue weighted by Gasteiger charge is 2.30. The molecule has 2 heterocycles. The summed E-state index contributed by atoms with van der Waals surface area (Å²) < 4.78 is 29.0. The molecule has 6 heteroatoms. The largest absolute Gasteiger partial charge is 0.459 e. The van der Waals surface area contributed by atoms with E-state index in [1.165, 1.54) is 0 Å². The highest BCUT2D eigenvalue weighted by atomic mass is 35.5. The van der Waals surface area contributed by atoms with Gasteiger partial charge in [0.25, 0.3) is 0 Å². The lowest BCUT2D eigenvalue weighted by atomic mass is 9.98. The number of benzene rings is 1. The van der Waals surface area contributed by atoms with Gasteiger partial charge in [-0.2, -0.15) is 0 Å². The Hall–Kier alpha value is -1.04. The topological polar surface area (TPSA) is 59.3 Å². The molecule has 1 aromatic carbocycles. The lowest BCUT2D eigenvalue weighted by Crippen LogP contribution is -2.20. The number of rotatable bonds is 4. The second kappa shape index (κ2) is 5.63. The van der Waals surface area contributed by atoms with Gasteiger partial charge in [-0.3, -0.25) is 0 Å². The first-order valence-electron chi connectivity index (χ1n) is 7.03. The molecule has 0 saturated carbocycles. The Labute approximate surface area is 129 Å². The van der Waals surface area contributed by atoms with E-state index in [-0.39, 0.29) is 17.7 Å². The molecule has 0 aliphatic carbocycles. The zero-order valence-corrected chi connectivity index (χ0v) is 13.4. The second-order valence-corrected chi connectivity index (χ2v) is 8.34. The Morgan fingerprint density at radius 2 is 2.24 bits per heavy atom. The van der Waals surface area contributed by atoms with E-state index in [4.69, 9.17) is 16.0 Å². The number of halogens is 1. The number of furan rings is 1. The molecule has 1 aromatic heterocycles. The number of hydrogen-bond donors (Lipinski definition) is 1. The van der Waals surface area contributed by atoms with E-state index in [1.54, 1.807) is 6.07 Å². The molecule has 2 atom stereocenters. The van der Waals surface area contributed by atoms with Gasteiger partial charge < -0.3 is 9.73 Å². The van der Waals surface area contributed by atoms with Crippen LogP contribution in [0.1, 0.15) is 24.6 Å². The highest BCUT2D eigenvalue weighted by Crippen LogP contribution is 2.32. The van der Waals surface area contributed by atoms with Crippen LogP contribution in [0, 0.1) is 5.92 Å². The second-order valence-electron chi connectivity index (χ2n) is 5.68. The third-order valence-corrected chi connectivity index (χ3v) is 6.16. The van der Waals surface area contributed by atoms with Crippen molar-refractivity contribution >= 4 is 32.4 Å². The van der Waals surface area contributed by atoms with Gasteiger partial charge in [-0.25, -0.2) is 8.42 Å². The van der Waals surface area contributed by atoms with Crippen LogP contribution >= 0.6 is 11.6 Å². The fourth-order valence-corrected chi connectivity index (χ4v) is 5.03. The molecular formula is C15H18ClNO3S. The summed E-state index contributed by atoms with van der Waals surface area (Å²) in [6.07, 6.45) is 1.51. The van der Waals surface area contributed by atoms with Crippen molar-refractivity contribution < 1.29 is 12.8 Å². The van der Waals surface area contributed by atoms with Crippen LogP contribution in [0.3, 0.4) is 0 Å². The number of nitrogens with one attached hydrogen (secondary N) is 1. The molecule has 2 aromatic rings. The molecule has 3 rings (SSSR count). The number of sulfone groups is 1. The maximum atomic E-state index is 11.6. The predicted molar refractivity (Wildman–Crippen MR) is 84.4 cm³/mol. The summed E-state index contributed by atoms with van der Waals surface area (Å²) in [7, 11) is -0.968. The first-order chi connectivity index (χ1) is 9.97. The first-order valence-corrected chi connectivity index (χ1v) is 9.23. The molecule has 114 valence electrons. The molecule has 2 unspecified atom stereocenters. The van der Waals surface area contributed by atoms with Crippen LogP contribution in [0.2, 0.25) is 5.02 Å². The molecule has 0 bridgehead atoms. The predicted octanol–water partition coefficient (Wildman–Crippen LogP) is 3.17. The van der Waals surface area contributed by atoms with Gasteiger partial charge >= 0.3 is 0 Å². The fraction of sp³-hybridized carbons (Fsp3) is 0.467. The van der Waals surface area contributed by atoms with Crippen molar-refractivity contribution in [1.82, 2.24) is 5.32 Å². The molecule has 1 fully saturated rings. The molecular weight excluding hydrogens is 310 g/mol. The summed E-state index contributed by atoms with van der Waals surface area (Å²) in [5, 5.41) is 4.87. The van der Waals surface area contributed by atoms with Gasteiger partial charge in [0.05, 0.1) is 17.5 Å². The Morgan fingerprint density at radius 3 is 2.90 bits per heavy atom. The smallest absolute Gasteiger partial charge is 0.150 e. The summed E-state index contributed by atoms with van der Waals surface area (Å²) in [4.78, 5) is 0. The van der Waals surface area contributed by atoms with Gasteiger partial charge in [0.1, 0.15) is 11.3 Å². The van der Waals surface area contributed by atoms with Crippen LogP contribution in [-0.2, 0) is 9.84 Å². The third kappa shape index (κ3) is 3.25. The van der Waals surface area contributed by atoms with Crippen molar-refractivity contribution in [2.75, 3.05) is 18.6 Å². The van der Waals surface area contributed by atoms with E-state index in [1.807, 2.05) is 25.2 Å². The lowest BCUT2D eigenvalue weighted by Gasteiger charge is -2.17. The quantitative estimate of drug-likeness (QED) is 0.937. The summed E-state index contributed by atoms with van der Waals surface area (Å²) in [5.74, 6) is 1.63. The zero-order chi connectivity index (χ0) is 15.0. The van der Waals surface area contributed by atoms with Gasteiger partial charge in [0.15, 0.2) is 9.84 Å². The average molecular weight is 328 g/mol. The van der Waals surface area contributed by atoms with E-state index in [0.29, 0.717) is 10.8 Å². The Kier molecular flexibility index (Phi) is 3.99. The minimum absolute atomic E-state index is 0.0227. The number of hydrogen-bond acceptors (Lipinski definition) is 4. The van der Waals surface area contributed by atoms with Crippen molar-refractivity contribution in [1.29, 1.82) is 0 Å². The monoisotopic (exact) mass is 327 g/mol. The Morgan fingerprint density at radius 1 is 1.43 bits per heavy atom. The van der Waals surface area contributed by atoms with E-state index < -0.39 is 9.84 Å². The fourth-order valence-electron chi connectivity index (χ4n) is 2.97. The van der Waals surface area contributed by atoms with Crippen LogP contribution in [0.4, 0.5) is 0 Å². The zero-order valence-electron chi connectivity index (χ0n) is 11.8. The normalized spacial score (nSPS) is 22.7. The van der Waals surface area contributed by atoms with Crippen LogP contribution in [0.5, 0.6) is 0 Å². The van der Waals surface area contributed by atoms with Crippen molar-refractivity contribution in [3.8, 4) is 0 Å². The van der Waals surface area contributed by atoms with Gasteiger partial charge in [-0.1, -0.05) is 11.6 Å². The van der Waals surface area contributed by atoms with Crippen molar-refractivity contribution in [2.24, 2.45) is 5.92 Å². The number of fused-ring (bicyclic) bond motifs is 1. The maximum absolute atomic E-state index is 11.6. The van der Waals surface area contributed by atoms with E-state index in [9.17, 15) is 8.42 Å². The standard InChI is InChI=1S/C15H18ClNO3S/c1-17-13(6-10-4-5-21(18,19)9-10)15-8-11-7-12(16)2-3-14(11)20-15/h2-3,7-8,10,13,17H,4-6,9H2,1H3. The molecule has 1 saturated heterocycles. The summed E-state index contributed by atoms with van der Waals surface area (Å²) in [5.41, 5.74) is 0.800. The average Bonchev–Trinajstić information content (AvgIpc) is 2.98. The minimum atomic E-state index is -2.84. The lowest BCUT2D eigenvalue weighted by molar-refractivity contribution is 0.380. The van der Waals surface area contributed by atoms with Crippen LogP contribution in [-0.4, -0.2) is 27.0 Å². The van der Waals surface area contributed by atoms with Crippen LogP contribution in [0.15, 0.2) is 28.7 Å². The van der Waals surface area contributed by atoms with Crippen molar-refractivity contribution in [3.05, 3.63) is 35.0 Å². The highest BCUT2D eigenvalue weighted by molar-refractivity contribution is 7.91. The van der Waals surface area contributed by atoms with Crippen LogP contribution in [0.25, 0.3) is 11.0 Å². The third-order valence-electron chi connectivity index (χ3n) is 4.09. The SMILES string of the molecule is CNC(CC1CCS(=O)(=O)C1)c1cc2cc(Cl)ccc2o1. The van der Waals surface area contributed by atoms with E-state index in [2.05, 4.69) is 5.32 Å². The molecule has 1 aliphatic rings. The van der Waals surface area contributed by atoms with Crippen LogP contribution < -0.4 is 5.32 Å². The molecule has 0 spiro atoms. The molecule has 1 N–H and O–H groups in total. The van der Waals surface area contributed by atoms with Gasteiger partial charge in [-0.05, 0) is 50.1 Å². The summed E-state index contributed by atoms with van der Waals surface area (Å²) in [6, 6.07) is 7.53. The Bertz CT molecular complexity index is 753. The summed E-state index contributed by atoms with van der Waals surface area (Å²) >= 11 is 5.99. The van der Waals surface area contributed by atoms with Crippen molar-refractivity contribution in [2.45, 2.75) is 18.9 Å². The molecule has 21 heavy (non-hydrogen) atoms. The Balaban J connectivity index is 1.81. The maximum Gasteiger partial charge on any atom is 0.150 e. The molecule has 4 nitrogen and oxygen atoms in total. The molecule has 0 radical (unpaired) electrons. The molecule has 1 aliphatic heterocycles. The first kappa shape index (κ1) is 14.9. The van der Waals surface area contributed by atoms with Gasteiger partial charge in [0.2, 0.25) is 0 Å². The van der Waals surface area contributed by atoms with E-state index in [0.717, 1.165) is 29.6 Å². The summed E-state index contributed by atoms with van der Waals surface area (Å²) in [6.45, 7) is 0. The minimum Gasteiger partial charge on any atom is -0.459 e. The van der Waals surface area contributed by atoms with Gasteiger partial charge in [-0.15, -0.1) is 0 Å². The van der Waals surface area contributed by atoms with Gasteiger partial charge in [0, 0.05) is 10.4 Å².